The molecule has 0 atom stereocenters. The van der Waals surface area contributed by atoms with Gasteiger partial charge in [0.05, 0.1) is 6.61 Å². The van der Waals surface area contributed by atoms with Gasteiger partial charge in [-0.1, -0.05) is 36.4 Å². The smallest absolute Gasteiger partial charge is 0.411 e. The summed E-state index contributed by atoms with van der Waals surface area (Å²) in [4.78, 5) is 23.1. The number of amides is 1. The van der Waals surface area contributed by atoms with Crippen molar-refractivity contribution in [1.29, 1.82) is 0 Å². The van der Waals surface area contributed by atoms with E-state index in [1.807, 2.05) is 30.3 Å². The Bertz CT molecular complexity index is 672. The number of carbonyl (C=O) groups is 2. The third kappa shape index (κ3) is 6.00. The number of nitrogens with one attached hydrogen (secondary N) is 1. The molecule has 0 fully saturated rings. The fourth-order valence-electron chi connectivity index (χ4n) is 1.89. The van der Waals surface area contributed by atoms with E-state index in [0.717, 1.165) is 5.56 Å². The van der Waals surface area contributed by atoms with Gasteiger partial charge in [0.15, 0.2) is 6.61 Å². The molecular weight excluding hydrogens is 310 g/mol. The summed E-state index contributed by atoms with van der Waals surface area (Å²) in [6, 6.07) is 16.1. The molecule has 0 heterocycles. The predicted octanol–water partition coefficient (Wildman–Crippen LogP) is 3.38. The van der Waals surface area contributed by atoms with Crippen LogP contribution in [0, 0.1) is 0 Å². The van der Waals surface area contributed by atoms with E-state index in [9.17, 15) is 9.59 Å². The Balaban J connectivity index is 1.82. The van der Waals surface area contributed by atoms with Gasteiger partial charge in [-0.15, -0.1) is 0 Å². The second-order valence-electron chi connectivity index (χ2n) is 4.81. The molecule has 0 saturated heterocycles. The van der Waals surface area contributed by atoms with Crippen LogP contribution in [0.3, 0.4) is 0 Å². The minimum Gasteiger partial charge on any atom is -0.482 e. The molecule has 0 aromatic heterocycles. The summed E-state index contributed by atoms with van der Waals surface area (Å²) < 4.78 is 15.2. The highest BCUT2D eigenvalue weighted by molar-refractivity contribution is 5.84. The summed E-state index contributed by atoms with van der Waals surface area (Å²) in [5, 5.41) is 2.61. The number of rotatable bonds is 7. The van der Waals surface area contributed by atoms with Crippen LogP contribution in [0.4, 0.5) is 10.5 Å². The average molecular weight is 329 g/mol. The van der Waals surface area contributed by atoms with Crippen LogP contribution in [0.2, 0.25) is 0 Å². The van der Waals surface area contributed by atoms with Gasteiger partial charge in [-0.25, -0.2) is 9.59 Å². The average Bonchev–Trinajstić information content (AvgIpc) is 2.60. The summed E-state index contributed by atoms with van der Waals surface area (Å²) in [7, 11) is 0. The van der Waals surface area contributed by atoms with Gasteiger partial charge in [-0.05, 0) is 24.6 Å². The molecule has 2 rings (SSSR count). The normalized spacial score (nSPS) is 9.88. The van der Waals surface area contributed by atoms with Crippen LogP contribution in [0.1, 0.15) is 12.5 Å². The third-order valence-corrected chi connectivity index (χ3v) is 2.96. The highest BCUT2D eigenvalue weighted by Gasteiger charge is 2.06. The molecule has 0 aliphatic heterocycles. The molecule has 1 amide bonds. The van der Waals surface area contributed by atoms with Gasteiger partial charge in [0, 0.05) is 11.8 Å². The van der Waals surface area contributed by atoms with E-state index in [2.05, 4.69) is 5.32 Å². The maximum atomic E-state index is 11.8. The largest absolute Gasteiger partial charge is 0.482 e. The number of esters is 1. The van der Waals surface area contributed by atoms with Crippen LogP contribution in [0.5, 0.6) is 5.75 Å². The molecule has 0 saturated carbocycles. The second kappa shape index (κ2) is 9.19. The van der Waals surface area contributed by atoms with Crippen molar-refractivity contribution in [1.82, 2.24) is 0 Å². The first-order chi connectivity index (χ1) is 11.7. The zero-order valence-electron chi connectivity index (χ0n) is 13.4. The molecular formula is C18H19NO5. The van der Waals surface area contributed by atoms with Gasteiger partial charge >= 0.3 is 12.1 Å². The Morgan fingerprint density at radius 3 is 2.54 bits per heavy atom. The monoisotopic (exact) mass is 329 g/mol. The van der Waals surface area contributed by atoms with E-state index in [0.29, 0.717) is 18.0 Å². The number of carbonyl (C=O) groups excluding carboxylic acids is 2. The molecule has 0 aliphatic carbocycles. The van der Waals surface area contributed by atoms with Gasteiger partial charge in [0.1, 0.15) is 12.4 Å². The molecule has 0 unspecified atom stereocenters. The zero-order valence-corrected chi connectivity index (χ0v) is 13.4. The molecule has 6 heteroatoms. The van der Waals surface area contributed by atoms with Crippen LogP contribution < -0.4 is 10.1 Å². The summed E-state index contributed by atoms with van der Waals surface area (Å²) >= 11 is 0. The van der Waals surface area contributed by atoms with Crippen LogP contribution in [0.25, 0.3) is 0 Å². The first-order valence-corrected chi connectivity index (χ1v) is 7.53. The second-order valence-corrected chi connectivity index (χ2v) is 4.81. The first kappa shape index (κ1) is 17.3. The lowest BCUT2D eigenvalue weighted by atomic mass is 10.2. The molecule has 126 valence electrons. The van der Waals surface area contributed by atoms with E-state index in [1.54, 1.807) is 31.2 Å². The maximum Gasteiger partial charge on any atom is 0.411 e. The Labute approximate surface area is 140 Å². The van der Waals surface area contributed by atoms with E-state index in [-0.39, 0.29) is 13.2 Å². The molecule has 2 aromatic rings. The highest BCUT2D eigenvalue weighted by Crippen LogP contribution is 2.17. The van der Waals surface area contributed by atoms with Gasteiger partial charge in [0.2, 0.25) is 0 Å². The Hall–Kier alpha value is -3.02. The Morgan fingerprint density at radius 2 is 1.79 bits per heavy atom. The van der Waals surface area contributed by atoms with Gasteiger partial charge in [0.25, 0.3) is 0 Å². The van der Waals surface area contributed by atoms with Crippen LogP contribution in [0.15, 0.2) is 54.6 Å². The summed E-state index contributed by atoms with van der Waals surface area (Å²) in [5.74, 6) is 0.00189. The first-order valence-electron chi connectivity index (χ1n) is 7.53. The van der Waals surface area contributed by atoms with Crippen molar-refractivity contribution in [3.63, 3.8) is 0 Å². The molecule has 0 radical (unpaired) electrons. The fraction of sp³-hybridized carbons (Fsp3) is 0.222. The fourth-order valence-corrected chi connectivity index (χ4v) is 1.89. The summed E-state index contributed by atoms with van der Waals surface area (Å²) in [6.45, 7) is 2.03. The van der Waals surface area contributed by atoms with Gasteiger partial charge in [-0.2, -0.15) is 0 Å². The van der Waals surface area contributed by atoms with Crippen molar-refractivity contribution in [3.8, 4) is 5.75 Å². The lowest BCUT2D eigenvalue weighted by Crippen LogP contribution is -2.15. The zero-order chi connectivity index (χ0) is 17.2. The molecule has 24 heavy (non-hydrogen) atoms. The molecule has 0 aliphatic rings. The summed E-state index contributed by atoms with van der Waals surface area (Å²) in [6.07, 6.45) is -0.568. The maximum absolute atomic E-state index is 11.8. The van der Waals surface area contributed by atoms with Crippen LogP contribution in [-0.4, -0.2) is 25.3 Å². The summed E-state index contributed by atoms with van der Waals surface area (Å²) in [5.41, 5.74) is 1.41. The third-order valence-electron chi connectivity index (χ3n) is 2.96. The van der Waals surface area contributed by atoms with E-state index in [1.165, 1.54) is 0 Å². The van der Waals surface area contributed by atoms with Crippen molar-refractivity contribution in [3.05, 3.63) is 60.2 Å². The van der Waals surface area contributed by atoms with E-state index in [4.69, 9.17) is 14.2 Å². The van der Waals surface area contributed by atoms with Gasteiger partial charge in [-0.3, -0.25) is 5.32 Å². The minimum atomic E-state index is -0.568. The minimum absolute atomic E-state index is 0.185. The van der Waals surface area contributed by atoms with E-state index >= 15 is 0 Å². The van der Waals surface area contributed by atoms with Crippen molar-refractivity contribution < 1.29 is 23.8 Å². The SMILES string of the molecule is CCOC(=O)COc1cccc(NC(=O)OCc2ccccc2)c1. The van der Waals surface area contributed by atoms with Crippen molar-refractivity contribution in [2.45, 2.75) is 13.5 Å². The lowest BCUT2D eigenvalue weighted by Gasteiger charge is -2.09. The molecule has 0 spiro atoms. The molecule has 1 N–H and O–H groups in total. The molecule has 6 nitrogen and oxygen atoms in total. The number of anilines is 1. The topological polar surface area (TPSA) is 73.9 Å². The Kier molecular flexibility index (Phi) is 6.64. The van der Waals surface area contributed by atoms with Gasteiger partial charge < -0.3 is 14.2 Å². The lowest BCUT2D eigenvalue weighted by molar-refractivity contribution is -0.145. The Morgan fingerprint density at radius 1 is 1.00 bits per heavy atom. The number of ether oxygens (including phenoxy) is 3. The number of hydrogen-bond donors (Lipinski definition) is 1. The van der Waals surface area contributed by atoms with Crippen LogP contribution in [-0.2, 0) is 20.9 Å². The van der Waals surface area contributed by atoms with Crippen molar-refractivity contribution in [2.75, 3.05) is 18.5 Å². The predicted molar refractivity (Wildman–Crippen MR) is 88.8 cm³/mol. The number of benzene rings is 2. The van der Waals surface area contributed by atoms with Crippen LogP contribution >= 0.6 is 0 Å². The quantitative estimate of drug-likeness (QED) is 0.788. The van der Waals surface area contributed by atoms with Crippen molar-refractivity contribution in [2.24, 2.45) is 0 Å². The molecule has 0 bridgehead atoms. The van der Waals surface area contributed by atoms with Crippen molar-refractivity contribution >= 4 is 17.7 Å². The highest BCUT2D eigenvalue weighted by atomic mass is 16.6. The number of hydrogen-bond acceptors (Lipinski definition) is 5. The van der Waals surface area contributed by atoms with E-state index < -0.39 is 12.1 Å². The standard InChI is InChI=1S/C18H19NO5/c1-2-22-17(20)13-23-16-10-6-9-15(11-16)19-18(21)24-12-14-7-4-3-5-8-14/h3-11H,2,12-13H2,1H3,(H,19,21). The molecule has 2 aromatic carbocycles.